The first-order valence-corrected chi connectivity index (χ1v) is 11.5. The number of ether oxygens (including phenoxy) is 2. The standard InChI is InChI=1S/C26H26F3NO5/c27-26(28,29)21-10-9-19(25(33)22-23(31)17-7-8-18(13-17)24(22)32)20(30-21)15-35-12-4-11-34-14-16-5-2-1-3-6-16/h1-3,5-6,9-10,17-18,31H,4,7-8,11-15H2. The largest absolute Gasteiger partial charge is 0.511 e. The number of aliphatic hydroxyl groups excluding tert-OH is 1. The zero-order valence-electron chi connectivity index (χ0n) is 19.0. The first kappa shape index (κ1) is 25.1. The highest BCUT2D eigenvalue weighted by atomic mass is 19.4. The van der Waals surface area contributed by atoms with Gasteiger partial charge in [-0.25, -0.2) is 4.98 Å². The van der Waals surface area contributed by atoms with Crippen LogP contribution >= 0.6 is 0 Å². The van der Waals surface area contributed by atoms with Crippen molar-refractivity contribution in [3.63, 3.8) is 0 Å². The van der Waals surface area contributed by atoms with Crippen LogP contribution in [0.15, 0.2) is 53.8 Å². The van der Waals surface area contributed by atoms with E-state index in [1.165, 1.54) is 0 Å². The number of alkyl halides is 3. The topological polar surface area (TPSA) is 85.7 Å². The molecule has 0 spiro atoms. The number of aliphatic hydroxyl groups is 1. The van der Waals surface area contributed by atoms with Crippen molar-refractivity contribution >= 4 is 11.6 Å². The van der Waals surface area contributed by atoms with Crippen molar-refractivity contribution in [2.45, 2.75) is 45.1 Å². The SMILES string of the molecule is O=C(C1=C(O)C2CCC(C2)C1=O)c1ccc(C(F)(F)F)nc1COCCCOCc1ccccc1. The maximum Gasteiger partial charge on any atom is 0.433 e. The van der Waals surface area contributed by atoms with Crippen LogP contribution in [-0.4, -0.2) is 34.9 Å². The number of carbonyl (C=O) groups is 2. The fourth-order valence-corrected chi connectivity index (χ4v) is 4.54. The number of benzene rings is 1. The molecule has 0 radical (unpaired) electrons. The molecule has 186 valence electrons. The second-order valence-electron chi connectivity index (χ2n) is 8.79. The molecule has 35 heavy (non-hydrogen) atoms. The van der Waals surface area contributed by atoms with E-state index < -0.39 is 23.4 Å². The van der Waals surface area contributed by atoms with Crippen molar-refractivity contribution in [2.75, 3.05) is 13.2 Å². The summed E-state index contributed by atoms with van der Waals surface area (Å²) in [7, 11) is 0. The Kier molecular flexibility index (Phi) is 7.66. The molecule has 2 bridgehead atoms. The lowest BCUT2D eigenvalue weighted by Gasteiger charge is -2.21. The van der Waals surface area contributed by atoms with Gasteiger partial charge in [0.15, 0.2) is 5.78 Å². The van der Waals surface area contributed by atoms with Gasteiger partial charge in [-0.1, -0.05) is 30.3 Å². The molecule has 1 heterocycles. The van der Waals surface area contributed by atoms with Gasteiger partial charge in [-0.3, -0.25) is 9.59 Å². The van der Waals surface area contributed by atoms with E-state index in [1.54, 1.807) is 0 Å². The minimum atomic E-state index is -4.71. The number of carbonyl (C=O) groups excluding carboxylic acids is 2. The molecule has 6 nitrogen and oxygen atoms in total. The van der Waals surface area contributed by atoms with E-state index in [2.05, 4.69) is 4.98 Å². The van der Waals surface area contributed by atoms with Crippen LogP contribution in [0.1, 0.15) is 53.0 Å². The summed E-state index contributed by atoms with van der Waals surface area (Å²) in [5, 5.41) is 10.5. The molecule has 0 aliphatic heterocycles. The Morgan fingerprint density at radius 1 is 1.00 bits per heavy atom. The maximum absolute atomic E-state index is 13.2. The van der Waals surface area contributed by atoms with Crippen LogP contribution < -0.4 is 0 Å². The van der Waals surface area contributed by atoms with Gasteiger partial charge in [-0.2, -0.15) is 13.2 Å². The quantitative estimate of drug-likeness (QED) is 0.280. The number of ketones is 2. The molecule has 1 aromatic carbocycles. The van der Waals surface area contributed by atoms with Crippen LogP contribution in [0.5, 0.6) is 0 Å². The number of pyridine rings is 1. The number of nitrogens with zero attached hydrogens (tertiary/aromatic N) is 1. The highest BCUT2D eigenvalue weighted by Gasteiger charge is 2.44. The lowest BCUT2D eigenvalue weighted by atomic mass is 9.83. The average Bonchev–Trinajstić information content (AvgIpc) is 3.29. The van der Waals surface area contributed by atoms with Crippen molar-refractivity contribution in [3.05, 3.63) is 76.3 Å². The zero-order chi connectivity index (χ0) is 25.0. The molecule has 4 rings (SSSR count). The fourth-order valence-electron chi connectivity index (χ4n) is 4.54. The summed E-state index contributed by atoms with van der Waals surface area (Å²) in [4.78, 5) is 29.5. The number of hydrogen-bond acceptors (Lipinski definition) is 6. The fraction of sp³-hybridized carbons (Fsp3) is 0.423. The number of hydrogen-bond donors (Lipinski definition) is 1. The Labute approximate surface area is 200 Å². The number of rotatable bonds is 10. The summed E-state index contributed by atoms with van der Waals surface area (Å²) in [6.07, 6.45) is -2.54. The van der Waals surface area contributed by atoms with Crippen molar-refractivity contribution < 1.29 is 37.3 Å². The number of allylic oxidation sites excluding steroid dienone is 2. The normalized spacial score (nSPS) is 19.9. The number of Topliss-reactive ketones (excluding diaryl/α,β-unsaturated/α-hetero) is 2. The van der Waals surface area contributed by atoms with Gasteiger partial charge in [0, 0.05) is 30.6 Å². The van der Waals surface area contributed by atoms with Crippen LogP contribution in [0, 0.1) is 11.8 Å². The average molecular weight is 489 g/mol. The Balaban J connectivity index is 1.42. The van der Waals surface area contributed by atoms with Crippen molar-refractivity contribution in [2.24, 2.45) is 11.8 Å². The summed E-state index contributed by atoms with van der Waals surface area (Å²) >= 11 is 0. The van der Waals surface area contributed by atoms with Gasteiger partial charge in [0.05, 0.1) is 18.9 Å². The minimum absolute atomic E-state index is 0.172. The van der Waals surface area contributed by atoms with Gasteiger partial charge in [-0.05, 0) is 43.4 Å². The van der Waals surface area contributed by atoms with Crippen molar-refractivity contribution in [1.29, 1.82) is 0 Å². The molecule has 2 aromatic rings. The molecule has 9 heteroatoms. The lowest BCUT2D eigenvalue weighted by molar-refractivity contribution is -0.141. The lowest BCUT2D eigenvalue weighted by Crippen LogP contribution is -2.28. The number of fused-ring (bicyclic) bond motifs is 2. The number of halogens is 3. The first-order chi connectivity index (χ1) is 16.8. The molecule has 1 aromatic heterocycles. The molecule has 1 N–H and O–H groups in total. The maximum atomic E-state index is 13.2. The van der Waals surface area contributed by atoms with E-state index in [1.807, 2.05) is 30.3 Å². The van der Waals surface area contributed by atoms with Crippen molar-refractivity contribution in [1.82, 2.24) is 4.98 Å². The zero-order valence-corrected chi connectivity index (χ0v) is 19.0. The van der Waals surface area contributed by atoms with E-state index in [0.29, 0.717) is 45.0 Å². The Morgan fingerprint density at radius 2 is 1.69 bits per heavy atom. The van der Waals surface area contributed by atoms with Gasteiger partial charge in [-0.15, -0.1) is 0 Å². The third-order valence-electron chi connectivity index (χ3n) is 6.36. The minimum Gasteiger partial charge on any atom is -0.511 e. The van der Waals surface area contributed by atoms with E-state index in [9.17, 15) is 27.9 Å². The monoisotopic (exact) mass is 489 g/mol. The van der Waals surface area contributed by atoms with Crippen molar-refractivity contribution in [3.8, 4) is 0 Å². The highest BCUT2D eigenvalue weighted by Crippen LogP contribution is 2.43. The molecule has 1 saturated carbocycles. The van der Waals surface area contributed by atoms with Gasteiger partial charge in [0.1, 0.15) is 17.0 Å². The molecular weight excluding hydrogens is 463 g/mol. The summed E-state index contributed by atoms with van der Waals surface area (Å²) in [6, 6.07) is 11.3. The van der Waals surface area contributed by atoms with Gasteiger partial charge < -0.3 is 14.6 Å². The molecule has 1 fully saturated rings. The smallest absolute Gasteiger partial charge is 0.433 e. The second-order valence-corrected chi connectivity index (χ2v) is 8.79. The summed E-state index contributed by atoms with van der Waals surface area (Å²) in [5.41, 5.74) is -0.864. The Hall–Kier alpha value is -3.04. The third kappa shape index (κ3) is 5.79. The molecule has 2 aliphatic carbocycles. The molecule has 2 aliphatic rings. The van der Waals surface area contributed by atoms with Crippen LogP contribution in [0.3, 0.4) is 0 Å². The highest BCUT2D eigenvalue weighted by molar-refractivity contribution is 6.28. The molecule has 0 saturated heterocycles. The summed E-state index contributed by atoms with van der Waals surface area (Å²) in [5.74, 6) is -2.14. The molecule has 2 unspecified atom stereocenters. The Morgan fingerprint density at radius 3 is 2.40 bits per heavy atom. The summed E-state index contributed by atoms with van der Waals surface area (Å²) < 4.78 is 50.8. The summed E-state index contributed by atoms with van der Waals surface area (Å²) in [6.45, 7) is 0.647. The number of aromatic nitrogens is 1. The van der Waals surface area contributed by atoms with Crippen LogP contribution in [-0.2, 0) is 33.7 Å². The first-order valence-electron chi connectivity index (χ1n) is 11.5. The van der Waals surface area contributed by atoms with E-state index >= 15 is 0 Å². The molecule has 2 atom stereocenters. The molecular formula is C26H26F3NO5. The van der Waals surface area contributed by atoms with E-state index in [4.69, 9.17) is 9.47 Å². The van der Waals surface area contributed by atoms with Crippen LogP contribution in [0.25, 0.3) is 0 Å². The van der Waals surface area contributed by atoms with Crippen LogP contribution in [0.2, 0.25) is 0 Å². The predicted octanol–water partition coefficient (Wildman–Crippen LogP) is 5.22. The van der Waals surface area contributed by atoms with Gasteiger partial charge in [0.2, 0.25) is 5.78 Å². The second kappa shape index (κ2) is 10.7. The Bertz CT molecular complexity index is 1110. The third-order valence-corrected chi connectivity index (χ3v) is 6.36. The predicted molar refractivity (Wildman–Crippen MR) is 119 cm³/mol. The van der Waals surface area contributed by atoms with Crippen LogP contribution in [0.4, 0.5) is 13.2 Å². The van der Waals surface area contributed by atoms with E-state index in [-0.39, 0.29) is 47.6 Å². The van der Waals surface area contributed by atoms with Gasteiger partial charge in [0.25, 0.3) is 0 Å². The van der Waals surface area contributed by atoms with E-state index in [0.717, 1.165) is 11.6 Å². The van der Waals surface area contributed by atoms with Gasteiger partial charge >= 0.3 is 6.18 Å². The molecule has 0 amide bonds.